The zero-order valence-corrected chi connectivity index (χ0v) is 17.4. The SMILES string of the molecule is CC(C)c1ccc(C(NC(=O)C2CCCN(c3ncccn3)C2)C(C)C)cc1. The van der Waals surface area contributed by atoms with Gasteiger partial charge < -0.3 is 10.2 Å². The number of piperidine rings is 1. The third-order valence-corrected chi connectivity index (χ3v) is 5.55. The van der Waals surface area contributed by atoms with Crippen LogP contribution in [0.4, 0.5) is 5.95 Å². The number of amides is 1. The van der Waals surface area contributed by atoms with Crippen LogP contribution in [-0.4, -0.2) is 29.0 Å². The first-order valence-electron chi connectivity index (χ1n) is 10.4. The van der Waals surface area contributed by atoms with E-state index in [9.17, 15) is 4.79 Å². The number of carbonyl (C=O) groups is 1. The molecule has 0 radical (unpaired) electrons. The van der Waals surface area contributed by atoms with Gasteiger partial charge in [-0.1, -0.05) is 52.0 Å². The lowest BCUT2D eigenvalue weighted by Crippen LogP contribution is -2.45. The quantitative estimate of drug-likeness (QED) is 0.810. The maximum atomic E-state index is 13.1. The lowest BCUT2D eigenvalue weighted by atomic mass is 9.91. The summed E-state index contributed by atoms with van der Waals surface area (Å²) in [5.74, 6) is 1.64. The maximum absolute atomic E-state index is 13.1. The van der Waals surface area contributed by atoms with Gasteiger partial charge in [-0.2, -0.15) is 0 Å². The normalized spacial score (nSPS) is 18.4. The van der Waals surface area contributed by atoms with Crippen LogP contribution in [0.1, 0.15) is 63.6 Å². The fraction of sp³-hybridized carbons (Fsp3) is 0.522. The second kappa shape index (κ2) is 9.18. The van der Waals surface area contributed by atoms with Gasteiger partial charge in [0.25, 0.3) is 0 Å². The van der Waals surface area contributed by atoms with Gasteiger partial charge in [0.15, 0.2) is 0 Å². The monoisotopic (exact) mass is 380 g/mol. The highest BCUT2D eigenvalue weighted by Gasteiger charge is 2.29. The summed E-state index contributed by atoms with van der Waals surface area (Å²) in [6, 6.07) is 10.5. The van der Waals surface area contributed by atoms with E-state index in [0.29, 0.717) is 24.3 Å². The molecule has 28 heavy (non-hydrogen) atoms. The molecule has 1 saturated heterocycles. The molecule has 2 aromatic rings. The molecule has 2 atom stereocenters. The van der Waals surface area contributed by atoms with Crippen LogP contribution in [0.15, 0.2) is 42.7 Å². The van der Waals surface area contributed by atoms with Crippen LogP contribution in [0, 0.1) is 11.8 Å². The van der Waals surface area contributed by atoms with E-state index >= 15 is 0 Å². The molecule has 2 heterocycles. The Morgan fingerprint density at radius 1 is 1.07 bits per heavy atom. The third-order valence-electron chi connectivity index (χ3n) is 5.55. The summed E-state index contributed by atoms with van der Waals surface area (Å²) >= 11 is 0. The molecule has 150 valence electrons. The predicted molar refractivity (Wildman–Crippen MR) is 113 cm³/mol. The van der Waals surface area contributed by atoms with Crippen molar-refractivity contribution in [3.63, 3.8) is 0 Å². The molecule has 5 nitrogen and oxygen atoms in total. The number of nitrogens with zero attached hydrogens (tertiary/aromatic N) is 3. The molecule has 1 amide bonds. The third kappa shape index (κ3) is 4.89. The summed E-state index contributed by atoms with van der Waals surface area (Å²) in [4.78, 5) is 23.9. The van der Waals surface area contributed by atoms with Crippen LogP contribution in [0.3, 0.4) is 0 Å². The van der Waals surface area contributed by atoms with Gasteiger partial charge in [0.1, 0.15) is 0 Å². The molecule has 1 N–H and O–H groups in total. The highest BCUT2D eigenvalue weighted by Crippen LogP contribution is 2.26. The second-order valence-corrected chi connectivity index (χ2v) is 8.39. The highest BCUT2D eigenvalue weighted by atomic mass is 16.2. The van der Waals surface area contributed by atoms with Crippen molar-refractivity contribution in [2.45, 2.75) is 52.5 Å². The van der Waals surface area contributed by atoms with Gasteiger partial charge in [0, 0.05) is 25.5 Å². The van der Waals surface area contributed by atoms with Crippen molar-refractivity contribution in [1.29, 1.82) is 0 Å². The Morgan fingerprint density at radius 2 is 1.71 bits per heavy atom. The van der Waals surface area contributed by atoms with Gasteiger partial charge in [0.05, 0.1) is 12.0 Å². The van der Waals surface area contributed by atoms with Gasteiger partial charge >= 0.3 is 0 Å². The van der Waals surface area contributed by atoms with Gasteiger partial charge in [0.2, 0.25) is 11.9 Å². The van der Waals surface area contributed by atoms with Crippen molar-refractivity contribution in [2.24, 2.45) is 11.8 Å². The van der Waals surface area contributed by atoms with Crippen molar-refractivity contribution < 1.29 is 4.79 Å². The Hall–Kier alpha value is -2.43. The molecule has 0 aliphatic carbocycles. The summed E-state index contributed by atoms with van der Waals surface area (Å²) in [6.45, 7) is 10.3. The fourth-order valence-electron chi connectivity index (χ4n) is 3.82. The number of anilines is 1. The van der Waals surface area contributed by atoms with Crippen LogP contribution in [0.25, 0.3) is 0 Å². The van der Waals surface area contributed by atoms with Crippen LogP contribution >= 0.6 is 0 Å². The molecule has 3 rings (SSSR count). The predicted octanol–water partition coefficient (Wildman–Crippen LogP) is 4.33. The fourth-order valence-corrected chi connectivity index (χ4v) is 3.82. The molecule has 5 heteroatoms. The Balaban J connectivity index is 1.68. The zero-order chi connectivity index (χ0) is 20.1. The van der Waals surface area contributed by atoms with Gasteiger partial charge in [-0.15, -0.1) is 0 Å². The molecule has 0 spiro atoms. The number of aromatic nitrogens is 2. The first-order chi connectivity index (χ1) is 13.5. The zero-order valence-electron chi connectivity index (χ0n) is 17.4. The molecule has 1 aromatic heterocycles. The second-order valence-electron chi connectivity index (χ2n) is 8.39. The Morgan fingerprint density at radius 3 is 2.32 bits per heavy atom. The standard InChI is InChI=1S/C23H32N4O/c1-16(2)18-8-10-19(11-9-18)21(17(3)4)26-22(28)20-7-5-14-27(15-20)23-24-12-6-13-25-23/h6,8-13,16-17,20-21H,5,7,14-15H2,1-4H3,(H,26,28). The van der Waals surface area contributed by atoms with E-state index in [1.807, 2.05) is 6.07 Å². The molecule has 2 unspecified atom stereocenters. The number of benzene rings is 1. The van der Waals surface area contributed by atoms with Crippen molar-refractivity contribution in [1.82, 2.24) is 15.3 Å². The van der Waals surface area contributed by atoms with Crippen molar-refractivity contribution in [3.05, 3.63) is 53.9 Å². The molecule has 0 bridgehead atoms. The van der Waals surface area contributed by atoms with E-state index in [4.69, 9.17) is 0 Å². The van der Waals surface area contributed by atoms with Gasteiger partial charge in [-0.3, -0.25) is 4.79 Å². The Kier molecular flexibility index (Phi) is 6.65. The summed E-state index contributed by atoms with van der Waals surface area (Å²) < 4.78 is 0. The van der Waals surface area contributed by atoms with Crippen molar-refractivity contribution in [3.8, 4) is 0 Å². The summed E-state index contributed by atoms with van der Waals surface area (Å²) in [5, 5.41) is 3.32. The number of hydrogen-bond acceptors (Lipinski definition) is 4. The van der Waals surface area contributed by atoms with E-state index in [1.54, 1.807) is 12.4 Å². The minimum Gasteiger partial charge on any atom is -0.349 e. The molecule has 0 saturated carbocycles. The van der Waals surface area contributed by atoms with Crippen LogP contribution in [-0.2, 0) is 4.79 Å². The average Bonchev–Trinajstić information content (AvgIpc) is 2.72. The van der Waals surface area contributed by atoms with E-state index in [0.717, 1.165) is 19.4 Å². The van der Waals surface area contributed by atoms with E-state index in [1.165, 1.54) is 11.1 Å². The molecular weight excluding hydrogens is 348 g/mol. The lowest BCUT2D eigenvalue weighted by Gasteiger charge is -2.33. The Bertz CT molecular complexity index is 758. The van der Waals surface area contributed by atoms with Crippen LogP contribution < -0.4 is 10.2 Å². The Labute approximate surface area is 168 Å². The van der Waals surface area contributed by atoms with Crippen LogP contribution in [0.2, 0.25) is 0 Å². The molecule has 1 aromatic carbocycles. The summed E-state index contributed by atoms with van der Waals surface area (Å²) in [7, 11) is 0. The van der Waals surface area contributed by atoms with Crippen molar-refractivity contribution >= 4 is 11.9 Å². The number of nitrogens with one attached hydrogen (secondary N) is 1. The van der Waals surface area contributed by atoms with E-state index in [2.05, 4.69) is 72.1 Å². The largest absolute Gasteiger partial charge is 0.349 e. The van der Waals surface area contributed by atoms with Crippen molar-refractivity contribution in [2.75, 3.05) is 18.0 Å². The summed E-state index contributed by atoms with van der Waals surface area (Å²) in [6.07, 6.45) is 5.39. The molecule has 1 aliphatic heterocycles. The van der Waals surface area contributed by atoms with E-state index < -0.39 is 0 Å². The summed E-state index contributed by atoms with van der Waals surface area (Å²) in [5.41, 5.74) is 2.50. The van der Waals surface area contributed by atoms with Crippen LogP contribution in [0.5, 0.6) is 0 Å². The average molecular weight is 381 g/mol. The molecule has 1 fully saturated rings. The molecule has 1 aliphatic rings. The smallest absolute Gasteiger partial charge is 0.225 e. The minimum absolute atomic E-state index is 0.0251. The minimum atomic E-state index is -0.0336. The number of hydrogen-bond donors (Lipinski definition) is 1. The first kappa shape index (κ1) is 20.3. The number of rotatable bonds is 6. The first-order valence-corrected chi connectivity index (χ1v) is 10.4. The van der Waals surface area contributed by atoms with Gasteiger partial charge in [-0.05, 0) is 41.9 Å². The highest BCUT2D eigenvalue weighted by molar-refractivity contribution is 5.80. The van der Waals surface area contributed by atoms with Gasteiger partial charge in [-0.25, -0.2) is 9.97 Å². The number of carbonyl (C=O) groups excluding carboxylic acids is 1. The molecular formula is C23H32N4O. The topological polar surface area (TPSA) is 58.1 Å². The maximum Gasteiger partial charge on any atom is 0.225 e. The lowest BCUT2D eigenvalue weighted by molar-refractivity contribution is -0.126. The van der Waals surface area contributed by atoms with E-state index in [-0.39, 0.29) is 17.9 Å².